The molecule has 0 radical (unpaired) electrons. The van der Waals surface area contributed by atoms with Gasteiger partial charge in [0.1, 0.15) is 0 Å². The molecule has 0 saturated heterocycles. The summed E-state index contributed by atoms with van der Waals surface area (Å²) in [6, 6.07) is -1.77. The smallest absolute Gasteiger partial charge is 0.469 e. The Morgan fingerprint density at radius 2 is 0.878 bits per heavy atom. The second kappa shape index (κ2) is 26.4. The maximum Gasteiger partial charge on any atom is 0.469 e. The van der Waals surface area contributed by atoms with Crippen LogP contribution in [0.25, 0.3) is 0 Å². The molecule has 0 aromatic heterocycles. The minimum atomic E-state index is -4.97. The fourth-order valence-corrected chi connectivity index (χ4v) is 5.37. The van der Waals surface area contributed by atoms with Gasteiger partial charge in [0.2, 0.25) is 11.8 Å². The van der Waals surface area contributed by atoms with Crippen LogP contribution in [0.4, 0.5) is 0 Å². The number of unbranched alkanes of at least 4 members (excludes halogenated alkanes) is 20. The second-order valence-electron chi connectivity index (χ2n) is 11.4. The SMILES string of the molecule is CCCCCCCCCCCCCC(=O)N(C(=O)CCCCCCCCCCCCC)[C@@H](COP(=O)(O)O)C(=O)O. The summed E-state index contributed by atoms with van der Waals surface area (Å²) in [5, 5.41) is 9.68. The first-order valence-corrected chi connectivity index (χ1v) is 17.9. The van der Waals surface area contributed by atoms with Gasteiger partial charge >= 0.3 is 13.8 Å². The molecule has 0 saturated carbocycles. The van der Waals surface area contributed by atoms with Crippen molar-refractivity contribution in [1.29, 1.82) is 0 Å². The zero-order valence-corrected chi connectivity index (χ0v) is 26.9. The number of nitrogens with zero attached hydrogens (tertiary/aromatic N) is 1. The molecule has 0 aromatic carbocycles. The van der Waals surface area contributed by atoms with Gasteiger partial charge in [-0.25, -0.2) is 9.36 Å². The molecule has 0 rings (SSSR count). The topological polar surface area (TPSA) is 141 Å². The van der Waals surface area contributed by atoms with Gasteiger partial charge in [-0.2, -0.15) is 0 Å². The third-order valence-corrected chi connectivity index (χ3v) is 8.01. The number of phosphoric acid groups is 1. The summed E-state index contributed by atoms with van der Waals surface area (Å²) in [5.74, 6) is -2.79. The van der Waals surface area contributed by atoms with Crippen molar-refractivity contribution in [3.63, 3.8) is 0 Å². The Morgan fingerprint density at radius 3 is 1.15 bits per heavy atom. The van der Waals surface area contributed by atoms with E-state index in [1.807, 2.05) is 0 Å². The van der Waals surface area contributed by atoms with E-state index >= 15 is 0 Å². The summed E-state index contributed by atoms with van der Waals surface area (Å²) in [4.78, 5) is 56.7. The maximum atomic E-state index is 13.0. The number of aliphatic carboxylic acids is 1. The van der Waals surface area contributed by atoms with Crippen LogP contribution >= 0.6 is 7.82 Å². The number of imide groups is 1. The number of carboxylic acid groups (broad SMARTS) is 1. The summed E-state index contributed by atoms with van der Waals surface area (Å²) >= 11 is 0. The minimum Gasteiger partial charge on any atom is -0.480 e. The van der Waals surface area contributed by atoms with Crippen molar-refractivity contribution in [3.05, 3.63) is 0 Å². The van der Waals surface area contributed by atoms with Crippen molar-refractivity contribution in [2.24, 2.45) is 0 Å². The quantitative estimate of drug-likeness (QED) is 0.0571. The van der Waals surface area contributed by atoms with E-state index in [-0.39, 0.29) is 12.8 Å². The molecule has 2 amide bonds. The Kier molecular flexibility index (Phi) is 25.5. The van der Waals surface area contributed by atoms with Crippen LogP contribution in [0.2, 0.25) is 0 Å². The third-order valence-electron chi connectivity index (χ3n) is 7.52. The third kappa shape index (κ3) is 23.9. The molecule has 0 unspecified atom stereocenters. The van der Waals surface area contributed by atoms with Gasteiger partial charge in [-0.05, 0) is 12.8 Å². The highest BCUT2D eigenvalue weighted by atomic mass is 31.2. The molecule has 0 aliphatic heterocycles. The van der Waals surface area contributed by atoms with Crippen LogP contribution in [-0.4, -0.2) is 50.2 Å². The lowest BCUT2D eigenvalue weighted by Crippen LogP contribution is -2.50. The predicted molar refractivity (Wildman–Crippen MR) is 163 cm³/mol. The molecular formula is C31H60NO8P. The van der Waals surface area contributed by atoms with Gasteiger partial charge in [0.25, 0.3) is 0 Å². The highest BCUT2D eigenvalue weighted by Crippen LogP contribution is 2.36. The summed E-state index contributed by atoms with van der Waals surface area (Å²) in [6.07, 6.45) is 24.3. The zero-order chi connectivity index (χ0) is 30.8. The number of hydrogen-bond donors (Lipinski definition) is 3. The molecule has 1 atom stereocenters. The number of carbonyl (C=O) groups is 3. The van der Waals surface area contributed by atoms with Crippen LogP contribution in [0, 0.1) is 0 Å². The normalized spacial score (nSPS) is 12.4. The van der Waals surface area contributed by atoms with Gasteiger partial charge in [-0.1, -0.05) is 142 Å². The predicted octanol–water partition coefficient (Wildman–Crippen LogP) is 8.31. The largest absolute Gasteiger partial charge is 0.480 e. The van der Waals surface area contributed by atoms with Crippen molar-refractivity contribution < 1.29 is 38.4 Å². The Bertz CT molecular complexity index is 689. The van der Waals surface area contributed by atoms with Crippen molar-refractivity contribution in [1.82, 2.24) is 4.90 Å². The summed E-state index contributed by atoms with van der Waals surface area (Å²) in [5.41, 5.74) is 0. The maximum absolute atomic E-state index is 13.0. The molecule has 242 valence electrons. The van der Waals surface area contributed by atoms with E-state index in [1.165, 1.54) is 77.0 Å². The van der Waals surface area contributed by atoms with Crippen LogP contribution in [0.3, 0.4) is 0 Å². The molecule has 0 spiro atoms. The molecule has 10 heteroatoms. The molecule has 0 aliphatic carbocycles. The Morgan fingerprint density at radius 1 is 0.585 bits per heavy atom. The van der Waals surface area contributed by atoms with E-state index in [0.29, 0.717) is 17.7 Å². The Hall–Kier alpha value is -1.28. The average Bonchev–Trinajstić information content (AvgIpc) is 2.91. The van der Waals surface area contributed by atoms with Crippen LogP contribution in [-0.2, 0) is 23.5 Å². The standard InChI is InChI=1S/C31H60NO8P/c1-3-5-7-9-11-13-15-17-19-21-23-25-29(33)32(28(31(35)36)27-40-41(37,38)39)30(34)26-24-22-20-18-16-14-12-10-8-6-4-2/h28H,3-27H2,1-2H3,(H,35,36)(H2,37,38,39)/t28-/m0/s1. The molecule has 0 heterocycles. The van der Waals surface area contributed by atoms with E-state index in [0.717, 1.165) is 51.4 Å². The van der Waals surface area contributed by atoms with Crippen molar-refractivity contribution in [2.45, 2.75) is 174 Å². The number of hydrogen-bond acceptors (Lipinski definition) is 5. The second-order valence-corrected chi connectivity index (χ2v) is 12.6. The van der Waals surface area contributed by atoms with Crippen molar-refractivity contribution >= 4 is 25.6 Å². The summed E-state index contributed by atoms with van der Waals surface area (Å²) < 4.78 is 15.6. The summed E-state index contributed by atoms with van der Waals surface area (Å²) in [7, 11) is -4.97. The van der Waals surface area contributed by atoms with Crippen LogP contribution in [0.5, 0.6) is 0 Å². The van der Waals surface area contributed by atoms with Crippen molar-refractivity contribution in [2.75, 3.05) is 6.61 Å². The van der Waals surface area contributed by atoms with Crippen LogP contribution in [0.1, 0.15) is 168 Å². The molecule has 0 aromatic rings. The number of carbonyl (C=O) groups excluding carboxylic acids is 2. The van der Waals surface area contributed by atoms with Gasteiger partial charge < -0.3 is 14.9 Å². The van der Waals surface area contributed by atoms with Crippen molar-refractivity contribution in [3.8, 4) is 0 Å². The zero-order valence-electron chi connectivity index (χ0n) is 26.0. The van der Waals surface area contributed by atoms with Gasteiger partial charge in [-0.3, -0.25) is 19.0 Å². The molecule has 3 N–H and O–H groups in total. The molecule has 0 bridgehead atoms. The molecule has 9 nitrogen and oxygen atoms in total. The van der Waals surface area contributed by atoms with Gasteiger partial charge in [0.15, 0.2) is 6.04 Å². The lowest BCUT2D eigenvalue weighted by atomic mass is 10.0. The van der Waals surface area contributed by atoms with E-state index < -0.39 is 38.3 Å². The number of rotatable bonds is 29. The Balaban J connectivity index is 4.63. The van der Waals surface area contributed by atoms with Gasteiger partial charge in [0.05, 0.1) is 6.61 Å². The molecule has 0 fully saturated rings. The summed E-state index contributed by atoms with van der Waals surface area (Å²) in [6.45, 7) is 3.46. The fraction of sp³-hybridized carbons (Fsp3) is 0.903. The first kappa shape index (κ1) is 39.7. The number of phosphoric ester groups is 1. The molecule has 0 aliphatic rings. The van der Waals surface area contributed by atoms with Crippen LogP contribution in [0.15, 0.2) is 0 Å². The lowest BCUT2D eigenvalue weighted by Gasteiger charge is -2.27. The lowest BCUT2D eigenvalue weighted by molar-refractivity contribution is -0.159. The van der Waals surface area contributed by atoms with Gasteiger partial charge in [0, 0.05) is 12.8 Å². The first-order chi connectivity index (χ1) is 19.6. The highest BCUT2D eigenvalue weighted by Gasteiger charge is 2.36. The monoisotopic (exact) mass is 605 g/mol. The minimum absolute atomic E-state index is 0.0146. The van der Waals surface area contributed by atoms with E-state index in [2.05, 4.69) is 18.4 Å². The van der Waals surface area contributed by atoms with E-state index in [9.17, 15) is 24.1 Å². The number of amides is 2. The number of carboxylic acids is 1. The first-order valence-electron chi connectivity index (χ1n) is 16.4. The Labute approximate surface area is 249 Å². The highest BCUT2D eigenvalue weighted by molar-refractivity contribution is 7.46. The molecule has 41 heavy (non-hydrogen) atoms. The van der Waals surface area contributed by atoms with Gasteiger partial charge in [-0.15, -0.1) is 0 Å². The van der Waals surface area contributed by atoms with E-state index in [4.69, 9.17) is 9.79 Å². The van der Waals surface area contributed by atoms with Crippen LogP contribution < -0.4 is 0 Å². The molecular weight excluding hydrogens is 545 g/mol. The van der Waals surface area contributed by atoms with E-state index in [1.54, 1.807) is 0 Å². The average molecular weight is 606 g/mol. The fourth-order valence-electron chi connectivity index (χ4n) is 5.03.